The number of nitrogens with two attached hydrogens (primary N) is 1. The molecule has 176 valence electrons. The molecule has 1 unspecified atom stereocenters. The van der Waals surface area contributed by atoms with Gasteiger partial charge in [-0.15, -0.1) is 0 Å². The number of hydrogen-bond acceptors (Lipinski definition) is 5. The lowest BCUT2D eigenvalue weighted by Crippen LogP contribution is -2.30. The summed E-state index contributed by atoms with van der Waals surface area (Å²) in [4.78, 5) is 23.8. The van der Waals surface area contributed by atoms with E-state index in [4.69, 9.17) is 10.5 Å². The summed E-state index contributed by atoms with van der Waals surface area (Å²) in [5.74, 6) is 0.220. The Morgan fingerprint density at radius 3 is 2.76 bits per heavy atom. The number of rotatable bonds is 4. The smallest absolute Gasteiger partial charge is 0.383 e. The van der Waals surface area contributed by atoms with Crippen molar-refractivity contribution >= 4 is 28.3 Å². The summed E-state index contributed by atoms with van der Waals surface area (Å²) in [7, 11) is 0. The van der Waals surface area contributed by atoms with Gasteiger partial charge in [-0.25, -0.2) is 9.97 Å². The highest BCUT2D eigenvalue weighted by atomic mass is 19.4. The van der Waals surface area contributed by atoms with Crippen LogP contribution in [0.15, 0.2) is 42.7 Å². The predicted octanol–water partition coefficient (Wildman–Crippen LogP) is 4.74. The van der Waals surface area contributed by atoms with Crippen LogP contribution < -0.4 is 5.73 Å². The van der Waals surface area contributed by atoms with E-state index in [9.17, 15) is 18.0 Å². The molecular weight excluding hydrogens is 447 g/mol. The quantitative estimate of drug-likeness (QED) is 0.467. The number of alkyl halides is 3. The summed E-state index contributed by atoms with van der Waals surface area (Å²) in [6.45, 7) is 4.71. The molecule has 34 heavy (non-hydrogen) atoms. The molecule has 2 N–H and O–H groups in total. The van der Waals surface area contributed by atoms with Gasteiger partial charge in [0.2, 0.25) is 0 Å². The molecule has 0 saturated carbocycles. The first-order valence-corrected chi connectivity index (χ1v) is 10.8. The van der Waals surface area contributed by atoms with Crippen molar-refractivity contribution in [1.29, 1.82) is 0 Å². The molecule has 4 heterocycles. The predicted molar refractivity (Wildman–Crippen MR) is 120 cm³/mol. The molecule has 0 radical (unpaired) electrons. The minimum absolute atomic E-state index is 0.161. The lowest BCUT2D eigenvalue weighted by Gasteiger charge is -2.20. The Morgan fingerprint density at radius 1 is 1.24 bits per heavy atom. The molecule has 1 amide bonds. The molecule has 1 aliphatic rings. The first kappa shape index (κ1) is 22.1. The lowest BCUT2D eigenvalue weighted by atomic mass is 10.00. The Labute approximate surface area is 193 Å². The van der Waals surface area contributed by atoms with E-state index < -0.39 is 11.7 Å². The van der Waals surface area contributed by atoms with Crippen LogP contribution in [0.5, 0.6) is 0 Å². The number of imidazole rings is 1. The number of benzene rings is 1. The second-order valence-corrected chi connectivity index (χ2v) is 8.31. The van der Waals surface area contributed by atoms with Crippen molar-refractivity contribution in [2.45, 2.75) is 39.3 Å². The second-order valence-electron chi connectivity index (χ2n) is 8.31. The number of hydrogen-bond donors (Lipinski definition) is 1. The van der Waals surface area contributed by atoms with Crippen LogP contribution in [0.1, 0.15) is 52.7 Å². The summed E-state index contributed by atoms with van der Waals surface area (Å²) >= 11 is 0. The van der Waals surface area contributed by atoms with E-state index in [0.717, 1.165) is 28.8 Å². The third-order valence-electron chi connectivity index (χ3n) is 6.14. The zero-order valence-electron chi connectivity index (χ0n) is 18.6. The summed E-state index contributed by atoms with van der Waals surface area (Å²) in [6.07, 6.45) is -2.09. The Morgan fingerprint density at radius 2 is 2.03 bits per heavy atom. The molecule has 5 rings (SSSR count). The van der Waals surface area contributed by atoms with Gasteiger partial charge in [-0.3, -0.25) is 4.79 Å². The summed E-state index contributed by atoms with van der Waals surface area (Å²) in [6, 6.07) is 7.57. The Kier molecular flexibility index (Phi) is 5.20. The van der Waals surface area contributed by atoms with Crippen LogP contribution in [-0.4, -0.2) is 31.7 Å². The number of amides is 1. The van der Waals surface area contributed by atoms with Crippen molar-refractivity contribution in [3.05, 3.63) is 70.7 Å². The number of carbonyl (C=O) groups is 1. The SMILES string of the molecule is CCN(Cc1cn2cc(C(F)(F)F)ccc2n1)C(=O)c1ccc2nc(N)c3c(c2c1)COC3C. The minimum atomic E-state index is -4.44. The minimum Gasteiger partial charge on any atom is -0.383 e. The average molecular weight is 469 g/mol. The standard InChI is InChI=1S/C24H22F3N5O2/c1-3-31(10-16-11-32-9-15(24(25,26)27)5-7-20(32)29-16)23(33)14-4-6-19-17(8-14)18-12-34-13(2)21(18)22(28)30-19/h4-9,11,13H,3,10,12H2,1-2H3,(H2,28,30). The van der Waals surface area contributed by atoms with Crippen LogP contribution in [0, 0.1) is 0 Å². The number of halogens is 3. The number of aromatic nitrogens is 3. The van der Waals surface area contributed by atoms with Gasteiger partial charge < -0.3 is 19.8 Å². The maximum Gasteiger partial charge on any atom is 0.417 e. The largest absolute Gasteiger partial charge is 0.417 e. The van der Waals surface area contributed by atoms with Gasteiger partial charge in [0.1, 0.15) is 11.5 Å². The highest BCUT2D eigenvalue weighted by molar-refractivity contribution is 5.99. The van der Waals surface area contributed by atoms with E-state index in [2.05, 4.69) is 9.97 Å². The van der Waals surface area contributed by atoms with Crippen molar-refractivity contribution in [3.63, 3.8) is 0 Å². The number of fused-ring (bicyclic) bond motifs is 4. The van der Waals surface area contributed by atoms with Crippen molar-refractivity contribution in [2.75, 3.05) is 12.3 Å². The number of nitrogens with zero attached hydrogens (tertiary/aromatic N) is 4. The normalized spacial score (nSPS) is 15.7. The van der Waals surface area contributed by atoms with Crippen LogP contribution in [0.4, 0.5) is 19.0 Å². The maximum absolute atomic E-state index is 13.3. The zero-order valence-corrected chi connectivity index (χ0v) is 18.6. The molecule has 1 aromatic carbocycles. The monoisotopic (exact) mass is 469 g/mol. The van der Waals surface area contributed by atoms with E-state index in [1.54, 1.807) is 23.1 Å². The van der Waals surface area contributed by atoms with Crippen LogP contribution in [0.25, 0.3) is 16.6 Å². The van der Waals surface area contributed by atoms with E-state index in [0.29, 0.717) is 41.4 Å². The molecule has 3 aromatic heterocycles. The molecular formula is C24H22F3N5O2. The maximum atomic E-state index is 13.3. The number of ether oxygens (including phenoxy) is 1. The first-order valence-electron chi connectivity index (χ1n) is 10.8. The molecule has 1 atom stereocenters. The molecule has 0 spiro atoms. The lowest BCUT2D eigenvalue weighted by molar-refractivity contribution is -0.137. The molecule has 0 fully saturated rings. The summed E-state index contributed by atoms with van der Waals surface area (Å²) in [5, 5.41) is 0.822. The van der Waals surface area contributed by atoms with E-state index in [1.165, 1.54) is 16.7 Å². The third kappa shape index (κ3) is 3.73. The van der Waals surface area contributed by atoms with E-state index >= 15 is 0 Å². The topological polar surface area (TPSA) is 85.8 Å². The second kappa shape index (κ2) is 7.98. The van der Waals surface area contributed by atoms with Crippen molar-refractivity contribution in [2.24, 2.45) is 0 Å². The van der Waals surface area contributed by atoms with Crippen LogP contribution in [0.3, 0.4) is 0 Å². The zero-order chi connectivity index (χ0) is 24.2. The summed E-state index contributed by atoms with van der Waals surface area (Å²) < 4.78 is 46.1. The van der Waals surface area contributed by atoms with Gasteiger partial charge in [-0.05, 0) is 49.7 Å². The Balaban J connectivity index is 1.45. The van der Waals surface area contributed by atoms with E-state index in [-0.39, 0.29) is 18.6 Å². The number of anilines is 1. The van der Waals surface area contributed by atoms with Crippen LogP contribution in [0.2, 0.25) is 0 Å². The van der Waals surface area contributed by atoms with Gasteiger partial charge >= 0.3 is 6.18 Å². The van der Waals surface area contributed by atoms with Crippen LogP contribution >= 0.6 is 0 Å². The first-order chi connectivity index (χ1) is 16.2. The molecule has 0 bridgehead atoms. The fraction of sp³-hybridized carbons (Fsp3) is 0.292. The van der Waals surface area contributed by atoms with Gasteiger partial charge in [0.25, 0.3) is 5.91 Å². The van der Waals surface area contributed by atoms with Crippen LogP contribution in [-0.2, 0) is 24.1 Å². The average Bonchev–Trinajstić information content (AvgIpc) is 3.39. The number of nitrogen functional groups attached to an aromatic ring is 1. The molecule has 4 aromatic rings. The molecule has 10 heteroatoms. The van der Waals surface area contributed by atoms with Gasteiger partial charge in [-0.2, -0.15) is 13.2 Å². The van der Waals surface area contributed by atoms with Gasteiger partial charge in [0.15, 0.2) is 0 Å². The van der Waals surface area contributed by atoms with Gasteiger partial charge in [-0.1, -0.05) is 0 Å². The van der Waals surface area contributed by atoms with E-state index in [1.807, 2.05) is 13.8 Å². The summed E-state index contributed by atoms with van der Waals surface area (Å²) in [5.41, 5.74) is 9.18. The van der Waals surface area contributed by atoms with Gasteiger partial charge in [0.05, 0.1) is 36.0 Å². The van der Waals surface area contributed by atoms with Crippen molar-refractivity contribution in [1.82, 2.24) is 19.3 Å². The molecule has 0 aliphatic carbocycles. The fourth-order valence-corrected chi connectivity index (χ4v) is 4.39. The fourth-order valence-electron chi connectivity index (χ4n) is 4.39. The number of pyridine rings is 2. The Hall–Kier alpha value is -3.66. The number of carbonyl (C=O) groups excluding carboxylic acids is 1. The Bertz CT molecular complexity index is 1430. The van der Waals surface area contributed by atoms with Crippen molar-refractivity contribution in [3.8, 4) is 0 Å². The highest BCUT2D eigenvalue weighted by Gasteiger charge is 2.31. The highest BCUT2D eigenvalue weighted by Crippen LogP contribution is 2.38. The molecule has 0 saturated heterocycles. The molecule has 7 nitrogen and oxygen atoms in total. The third-order valence-corrected chi connectivity index (χ3v) is 6.14. The van der Waals surface area contributed by atoms with Gasteiger partial charge in [0, 0.05) is 35.5 Å². The molecule has 1 aliphatic heterocycles. The van der Waals surface area contributed by atoms with Crippen molar-refractivity contribution < 1.29 is 22.7 Å².